The third-order valence-electron chi connectivity index (χ3n) is 3.78. The van der Waals surface area contributed by atoms with Crippen molar-refractivity contribution in [2.24, 2.45) is 5.41 Å². The van der Waals surface area contributed by atoms with Crippen LogP contribution in [0, 0.1) is 5.41 Å². The van der Waals surface area contributed by atoms with Gasteiger partial charge in [0, 0.05) is 5.92 Å². The quantitative estimate of drug-likeness (QED) is 0.826. The van der Waals surface area contributed by atoms with E-state index in [0.717, 1.165) is 11.1 Å². The maximum Gasteiger partial charge on any atom is 0.325 e. The number of rotatable bonds is 4. The molecule has 2 rings (SSSR count). The Hall–Kier alpha value is -2.36. The van der Waals surface area contributed by atoms with Crippen molar-refractivity contribution in [3.05, 3.63) is 59.7 Å². The van der Waals surface area contributed by atoms with E-state index in [2.05, 4.69) is 0 Å². The van der Waals surface area contributed by atoms with Crippen LogP contribution in [0.25, 0.3) is 0 Å². The molecule has 1 unspecified atom stereocenters. The molecule has 104 valence electrons. The van der Waals surface area contributed by atoms with Gasteiger partial charge in [0.15, 0.2) is 5.41 Å². The number of carboxylic acid groups (broad SMARTS) is 2. The van der Waals surface area contributed by atoms with Gasteiger partial charge in [-0.25, -0.2) is 0 Å². The molecule has 1 aromatic carbocycles. The van der Waals surface area contributed by atoms with E-state index in [-0.39, 0.29) is 12.3 Å². The molecule has 0 spiro atoms. The molecule has 0 aromatic heterocycles. The molecular formula is C16H16O4. The van der Waals surface area contributed by atoms with Crippen LogP contribution in [0.15, 0.2) is 54.1 Å². The van der Waals surface area contributed by atoms with E-state index in [1.54, 1.807) is 12.2 Å². The predicted octanol–water partition coefficient (Wildman–Crippen LogP) is 2.83. The lowest BCUT2D eigenvalue weighted by atomic mass is 9.77. The highest BCUT2D eigenvalue weighted by molar-refractivity contribution is 6.01. The van der Waals surface area contributed by atoms with Crippen molar-refractivity contribution in [3.63, 3.8) is 0 Å². The molecule has 1 aliphatic rings. The Balaban J connectivity index is 2.24. The Bertz CT molecular complexity index is 570. The van der Waals surface area contributed by atoms with Gasteiger partial charge in [-0.3, -0.25) is 9.59 Å². The third kappa shape index (κ3) is 2.37. The molecule has 4 heteroatoms. The zero-order valence-corrected chi connectivity index (χ0v) is 11.1. The molecule has 1 aliphatic carbocycles. The van der Waals surface area contributed by atoms with Crippen LogP contribution in [-0.4, -0.2) is 22.2 Å². The molecule has 0 radical (unpaired) electrons. The van der Waals surface area contributed by atoms with Crippen molar-refractivity contribution in [3.8, 4) is 0 Å². The normalized spacial score (nSPS) is 18.1. The van der Waals surface area contributed by atoms with Gasteiger partial charge in [-0.2, -0.15) is 0 Å². The Morgan fingerprint density at radius 1 is 1.15 bits per heavy atom. The summed E-state index contributed by atoms with van der Waals surface area (Å²) in [7, 11) is 0. The summed E-state index contributed by atoms with van der Waals surface area (Å²) in [5.74, 6) is -2.55. The van der Waals surface area contributed by atoms with E-state index >= 15 is 0 Å². The maximum absolute atomic E-state index is 11.2. The summed E-state index contributed by atoms with van der Waals surface area (Å²) in [5, 5.41) is 18.3. The second kappa shape index (κ2) is 5.33. The van der Waals surface area contributed by atoms with Gasteiger partial charge in [0.25, 0.3) is 0 Å². The molecule has 4 nitrogen and oxygen atoms in total. The summed E-state index contributed by atoms with van der Waals surface area (Å²) < 4.78 is 0. The number of carbonyl (C=O) groups is 2. The topological polar surface area (TPSA) is 74.6 Å². The number of hydrogen-bond donors (Lipinski definition) is 2. The first kappa shape index (κ1) is 14.1. The lowest BCUT2D eigenvalue weighted by Gasteiger charge is -2.25. The molecule has 0 amide bonds. The van der Waals surface area contributed by atoms with Crippen molar-refractivity contribution >= 4 is 11.9 Å². The zero-order chi connectivity index (χ0) is 14.8. The molecule has 2 N–H and O–H groups in total. The van der Waals surface area contributed by atoms with Crippen LogP contribution in [0.5, 0.6) is 0 Å². The molecule has 1 aromatic rings. The van der Waals surface area contributed by atoms with Crippen LogP contribution in [0.2, 0.25) is 0 Å². The number of benzene rings is 1. The smallest absolute Gasteiger partial charge is 0.325 e. The summed E-state index contributed by atoms with van der Waals surface area (Å²) in [5.41, 5.74) is 0.218. The second-order valence-corrected chi connectivity index (χ2v) is 4.96. The first-order valence-corrected chi connectivity index (χ1v) is 6.38. The molecule has 1 atom stereocenters. The molecule has 0 saturated carbocycles. The first-order valence-electron chi connectivity index (χ1n) is 6.38. The van der Waals surface area contributed by atoms with Crippen LogP contribution in [-0.2, 0) is 9.59 Å². The maximum atomic E-state index is 11.2. The van der Waals surface area contributed by atoms with Crippen molar-refractivity contribution in [2.45, 2.75) is 19.3 Å². The standard InChI is InChI=1S/C16H16O4/c1-11(12-5-3-2-4-6-12)13-7-9-16(10-8-13,14(17)18)15(19)20/h2-9,11H,10H2,1H3,(H,17,18)(H,19,20). The second-order valence-electron chi connectivity index (χ2n) is 4.96. The van der Waals surface area contributed by atoms with Gasteiger partial charge in [0.1, 0.15) is 0 Å². The predicted molar refractivity (Wildman–Crippen MR) is 74.4 cm³/mol. The van der Waals surface area contributed by atoms with Crippen LogP contribution in [0.4, 0.5) is 0 Å². The highest BCUT2D eigenvalue weighted by Crippen LogP contribution is 2.35. The minimum Gasteiger partial charge on any atom is -0.480 e. The minimum atomic E-state index is -1.83. The number of allylic oxidation sites excluding steroid dienone is 3. The Kier molecular flexibility index (Phi) is 3.74. The van der Waals surface area contributed by atoms with Crippen molar-refractivity contribution in [2.75, 3.05) is 0 Å². The first-order chi connectivity index (χ1) is 9.47. The molecule has 0 aliphatic heterocycles. The number of carboxylic acids is 2. The lowest BCUT2D eigenvalue weighted by Crippen LogP contribution is -2.38. The van der Waals surface area contributed by atoms with Crippen LogP contribution in [0.3, 0.4) is 0 Å². The van der Waals surface area contributed by atoms with E-state index < -0.39 is 17.4 Å². The van der Waals surface area contributed by atoms with Gasteiger partial charge in [0.05, 0.1) is 0 Å². The van der Waals surface area contributed by atoms with Crippen LogP contribution in [0.1, 0.15) is 24.8 Å². The molecule has 0 fully saturated rings. The summed E-state index contributed by atoms with van der Waals surface area (Å²) in [6, 6.07) is 9.81. The molecule has 0 saturated heterocycles. The summed E-state index contributed by atoms with van der Waals surface area (Å²) in [6.45, 7) is 2.01. The Labute approximate surface area is 117 Å². The van der Waals surface area contributed by atoms with Gasteiger partial charge >= 0.3 is 11.9 Å². The lowest BCUT2D eigenvalue weighted by molar-refractivity contribution is -0.160. The number of hydrogen-bond acceptors (Lipinski definition) is 2. The molecule has 0 bridgehead atoms. The zero-order valence-electron chi connectivity index (χ0n) is 11.1. The largest absolute Gasteiger partial charge is 0.480 e. The highest BCUT2D eigenvalue weighted by atomic mass is 16.4. The highest BCUT2D eigenvalue weighted by Gasteiger charge is 2.44. The average Bonchev–Trinajstić information content (AvgIpc) is 2.47. The van der Waals surface area contributed by atoms with Gasteiger partial charge < -0.3 is 10.2 Å². The van der Waals surface area contributed by atoms with Crippen LogP contribution >= 0.6 is 0 Å². The van der Waals surface area contributed by atoms with Crippen LogP contribution < -0.4 is 0 Å². The van der Waals surface area contributed by atoms with E-state index in [0.29, 0.717) is 0 Å². The fourth-order valence-corrected chi connectivity index (χ4v) is 2.32. The molecular weight excluding hydrogens is 256 g/mol. The Morgan fingerprint density at radius 2 is 1.75 bits per heavy atom. The van der Waals surface area contributed by atoms with Gasteiger partial charge in [-0.15, -0.1) is 0 Å². The summed E-state index contributed by atoms with van der Waals surface area (Å²) in [6.07, 6.45) is 4.58. The molecule has 0 heterocycles. The fourth-order valence-electron chi connectivity index (χ4n) is 2.32. The van der Waals surface area contributed by atoms with E-state index in [1.807, 2.05) is 37.3 Å². The SMILES string of the molecule is CC(C1=CCC(C(=O)O)(C(=O)O)C=C1)c1ccccc1. The van der Waals surface area contributed by atoms with Gasteiger partial charge in [0.2, 0.25) is 0 Å². The molecule has 20 heavy (non-hydrogen) atoms. The van der Waals surface area contributed by atoms with Gasteiger partial charge in [-0.1, -0.05) is 55.5 Å². The fraction of sp³-hybridized carbons (Fsp3) is 0.250. The summed E-state index contributed by atoms with van der Waals surface area (Å²) in [4.78, 5) is 22.4. The number of aliphatic carboxylic acids is 2. The average molecular weight is 272 g/mol. The van der Waals surface area contributed by atoms with Gasteiger partial charge in [-0.05, 0) is 17.6 Å². The van der Waals surface area contributed by atoms with E-state index in [4.69, 9.17) is 10.2 Å². The minimum absolute atomic E-state index is 0.0271. The van der Waals surface area contributed by atoms with Crippen molar-refractivity contribution < 1.29 is 19.8 Å². The monoisotopic (exact) mass is 272 g/mol. The van der Waals surface area contributed by atoms with E-state index in [1.165, 1.54) is 6.08 Å². The Morgan fingerprint density at radius 3 is 2.20 bits per heavy atom. The van der Waals surface area contributed by atoms with E-state index in [9.17, 15) is 9.59 Å². The van der Waals surface area contributed by atoms with Crippen molar-refractivity contribution in [1.82, 2.24) is 0 Å². The third-order valence-corrected chi connectivity index (χ3v) is 3.78. The summed E-state index contributed by atoms with van der Waals surface area (Å²) >= 11 is 0. The van der Waals surface area contributed by atoms with Crippen molar-refractivity contribution in [1.29, 1.82) is 0 Å².